The summed E-state index contributed by atoms with van der Waals surface area (Å²) in [5.74, 6) is 1.84. The van der Waals surface area contributed by atoms with Crippen LogP contribution in [0, 0.1) is 0 Å². The lowest BCUT2D eigenvalue weighted by Crippen LogP contribution is -2.13. The molecule has 0 heterocycles. The zero-order valence-electron chi connectivity index (χ0n) is 16.1. The molecule has 0 radical (unpaired) electrons. The molecule has 0 saturated carbocycles. The SMILES string of the molecule is CCCCCCOc1ccc(NCCNc2cccc(OCC)c2)cc1. The van der Waals surface area contributed by atoms with Crippen molar-refractivity contribution in [3.8, 4) is 11.5 Å². The van der Waals surface area contributed by atoms with E-state index in [1.807, 2.05) is 37.3 Å². The van der Waals surface area contributed by atoms with Gasteiger partial charge in [-0.3, -0.25) is 0 Å². The van der Waals surface area contributed by atoms with Crippen LogP contribution >= 0.6 is 0 Å². The number of nitrogens with one attached hydrogen (secondary N) is 2. The fourth-order valence-corrected chi connectivity index (χ4v) is 2.66. The molecule has 0 aliphatic rings. The monoisotopic (exact) mass is 356 g/mol. The van der Waals surface area contributed by atoms with Crippen molar-refractivity contribution >= 4 is 11.4 Å². The van der Waals surface area contributed by atoms with Gasteiger partial charge in [0.05, 0.1) is 13.2 Å². The lowest BCUT2D eigenvalue weighted by molar-refractivity contribution is 0.305. The molecular formula is C22H32N2O2. The average molecular weight is 357 g/mol. The lowest BCUT2D eigenvalue weighted by Gasteiger charge is -2.11. The normalized spacial score (nSPS) is 10.4. The molecule has 0 atom stereocenters. The van der Waals surface area contributed by atoms with E-state index in [0.717, 1.165) is 49.0 Å². The molecule has 26 heavy (non-hydrogen) atoms. The molecule has 4 heteroatoms. The maximum atomic E-state index is 5.77. The Bertz CT molecular complexity index is 614. The summed E-state index contributed by atoms with van der Waals surface area (Å²) in [6.07, 6.45) is 4.92. The van der Waals surface area contributed by atoms with Gasteiger partial charge in [-0.05, 0) is 49.7 Å². The Morgan fingerprint density at radius 3 is 2.23 bits per heavy atom. The first kappa shape index (κ1) is 20.0. The highest BCUT2D eigenvalue weighted by Gasteiger charge is 1.98. The van der Waals surface area contributed by atoms with E-state index in [9.17, 15) is 0 Å². The number of unbranched alkanes of at least 4 members (excludes halogenated alkanes) is 3. The second-order valence-corrected chi connectivity index (χ2v) is 6.25. The first-order valence-corrected chi connectivity index (χ1v) is 9.75. The van der Waals surface area contributed by atoms with Gasteiger partial charge in [-0.1, -0.05) is 32.3 Å². The average Bonchev–Trinajstić information content (AvgIpc) is 2.67. The Kier molecular flexibility index (Phi) is 9.26. The zero-order valence-corrected chi connectivity index (χ0v) is 16.1. The van der Waals surface area contributed by atoms with Crippen LogP contribution in [0.15, 0.2) is 48.5 Å². The minimum absolute atomic E-state index is 0.684. The van der Waals surface area contributed by atoms with Crippen molar-refractivity contribution in [2.24, 2.45) is 0 Å². The molecule has 0 spiro atoms. The molecular weight excluding hydrogens is 324 g/mol. The summed E-state index contributed by atoms with van der Waals surface area (Å²) in [5, 5.41) is 6.82. The second-order valence-electron chi connectivity index (χ2n) is 6.25. The second kappa shape index (κ2) is 12.1. The van der Waals surface area contributed by atoms with E-state index in [4.69, 9.17) is 9.47 Å². The minimum atomic E-state index is 0.684. The van der Waals surface area contributed by atoms with Gasteiger partial charge in [0, 0.05) is 30.5 Å². The van der Waals surface area contributed by atoms with Gasteiger partial charge >= 0.3 is 0 Å². The summed E-state index contributed by atoms with van der Waals surface area (Å²) in [6, 6.07) is 16.2. The first-order valence-electron chi connectivity index (χ1n) is 9.75. The summed E-state index contributed by atoms with van der Waals surface area (Å²) in [6.45, 7) is 7.38. The maximum Gasteiger partial charge on any atom is 0.121 e. The van der Waals surface area contributed by atoms with Gasteiger partial charge in [-0.2, -0.15) is 0 Å². The van der Waals surface area contributed by atoms with Crippen LogP contribution in [-0.2, 0) is 0 Å². The predicted molar refractivity (Wildman–Crippen MR) is 111 cm³/mol. The van der Waals surface area contributed by atoms with E-state index in [0.29, 0.717) is 6.61 Å². The predicted octanol–water partition coefficient (Wildman–Crippen LogP) is 5.57. The number of benzene rings is 2. The standard InChI is InChI=1S/C22H32N2O2/c1-3-5-6-7-17-26-21-13-11-19(12-14-21)23-15-16-24-20-9-8-10-22(18-20)25-4-2/h8-14,18,23-24H,3-7,15-17H2,1-2H3. The number of hydrogen-bond acceptors (Lipinski definition) is 4. The van der Waals surface area contributed by atoms with Gasteiger partial charge in [0.1, 0.15) is 11.5 Å². The van der Waals surface area contributed by atoms with Crippen LogP contribution in [0.25, 0.3) is 0 Å². The molecule has 2 aromatic carbocycles. The molecule has 0 unspecified atom stereocenters. The van der Waals surface area contributed by atoms with Crippen LogP contribution < -0.4 is 20.1 Å². The maximum absolute atomic E-state index is 5.77. The molecule has 0 saturated heterocycles. The quantitative estimate of drug-likeness (QED) is 0.461. The van der Waals surface area contributed by atoms with E-state index in [-0.39, 0.29) is 0 Å². The highest BCUT2D eigenvalue weighted by molar-refractivity contribution is 5.49. The molecule has 0 amide bonds. The third-order valence-electron chi connectivity index (χ3n) is 4.05. The Balaban J connectivity index is 1.64. The van der Waals surface area contributed by atoms with Crippen LogP contribution in [0.5, 0.6) is 11.5 Å². The molecule has 2 aromatic rings. The van der Waals surface area contributed by atoms with E-state index >= 15 is 0 Å². The van der Waals surface area contributed by atoms with Crippen LogP contribution in [0.1, 0.15) is 39.5 Å². The Hall–Kier alpha value is -2.36. The Morgan fingerprint density at radius 1 is 0.731 bits per heavy atom. The summed E-state index contributed by atoms with van der Waals surface area (Å²) >= 11 is 0. The van der Waals surface area contributed by atoms with Crippen molar-refractivity contribution in [2.45, 2.75) is 39.5 Å². The van der Waals surface area contributed by atoms with E-state index in [2.05, 4.69) is 35.8 Å². The van der Waals surface area contributed by atoms with Crippen molar-refractivity contribution in [1.29, 1.82) is 0 Å². The molecule has 0 bridgehead atoms. The molecule has 0 fully saturated rings. The van der Waals surface area contributed by atoms with Crippen molar-refractivity contribution in [1.82, 2.24) is 0 Å². The third-order valence-corrected chi connectivity index (χ3v) is 4.05. The smallest absolute Gasteiger partial charge is 0.121 e. The molecule has 2 N–H and O–H groups in total. The zero-order chi connectivity index (χ0) is 18.5. The summed E-state index contributed by atoms with van der Waals surface area (Å²) < 4.78 is 11.3. The summed E-state index contributed by atoms with van der Waals surface area (Å²) in [4.78, 5) is 0. The van der Waals surface area contributed by atoms with E-state index in [1.165, 1.54) is 19.3 Å². The van der Waals surface area contributed by atoms with Crippen molar-refractivity contribution in [3.05, 3.63) is 48.5 Å². The summed E-state index contributed by atoms with van der Waals surface area (Å²) in [7, 11) is 0. The van der Waals surface area contributed by atoms with Gasteiger partial charge in [-0.25, -0.2) is 0 Å². The van der Waals surface area contributed by atoms with Gasteiger partial charge < -0.3 is 20.1 Å². The van der Waals surface area contributed by atoms with Gasteiger partial charge in [0.25, 0.3) is 0 Å². The van der Waals surface area contributed by atoms with Crippen LogP contribution in [-0.4, -0.2) is 26.3 Å². The first-order chi connectivity index (χ1) is 12.8. The van der Waals surface area contributed by atoms with Gasteiger partial charge in [-0.15, -0.1) is 0 Å². The fraction of sp³-hybridized carbons (Fsp3) is 0.455. The van der Waals surface area contributed by atoms with Gasteiger partial charge in [0.2, 0.25) is 0 Å². The largest absolute Gasteiger partial charge is 0.494 e. The highest BCUT2D eigenvalue weighted by Crippen LogP contribution is 2.18. The molecule has 0 aliphatic carbocycles. The Labute approximate surface area is 157 Å². The number of ether oxygens (including phenoxy) is 2. The molecule has 2 rings (SSSR count). The molecule has 142 valence electrons. The van der Waals surface area contributed by atoms with Crippen molar-refractivity contribution < 1.29 is 9.47 Å². The number of anilines is 2. The van der Waals surface area contributed by atoms with Crippen molar-refractivity contribution in [3.63, 3.8) is 0 Å². The lowest BCUT2D eigenvalue weighted by atomic mass is 10.2. The molecule has 0 aromatic heterocycles. The third kappa shape index (κ3) is 7.68. The minimum Gasteiger partial charge on any atom is -0.494 e. The molecule has 4 nitrogen and oxygen atoms in total. The van der Waals surface area contributed by atoms with Crippen LogP contribution in [0.3, 0.4) is 0 Å². The topological polar surface area (TPSA) is 42.5 Å². The molecule has 0 aliphatic heterocycles. The van der Waals surface area contributed by atoms with Crippen LogP contribution in [0.4, 0.5) is 11.4 Å². The Morgan fingerprint density at radius 2 is 1.50 bits per heavy atom. The van der Waals surface area contributed by atoms with Crippen LogP contribution in [0.2, 0.25) is 0 Å². The summed E-state index contributed by atoms with van der Waals surface area (Å²) in [5.41, 5.74) is 2.18. The fourth-order valence-electron chi connectivity index (χ4n) is 2.66. The number of rotatable bonds is 13. The number of hydrogen-bond donors (Lipinski definition) is 2. The van der Waals surface area contributed by atoms with Gasteiger partial charge in [0.15, 0.2) is 0 Å². The van der Waals surface area contributed by atoms with E-state index < -0.39 is 0 Å². The van der Waals surface area contributed by atoms with E-state index in [1.54, 1.807) is 0 Å². The van der Waals surface area contributed by atoms with Crippen molar-refractivity contribution in [2.75, 3.05) is 36.9 Å². The highest BCUT2D eigenvalue weighted by atomic mass is 16.5.